The van der Waals surface area contributed by atoms with Crippen LogP contribution in [0.3, 0.4) is 0 Å². The highest BCUT2D eigenvalue weighted by atomic mass is 16.2. The van der Waals surface area contributed by atoms with Gasteiger partial charge in [0.25, 0.3) is 5.91 Å². The van der Waals surface area contributed by atoms with Gasteiger partial charge in [-0.3, -0.25) is 9.59 Å². The van der Waals surface area contributed by atoms with E-state index in [-0.39, 0.29) is 11.8 Å². The summed E-state index contributed by atoms with van der Waals surface area (Å²) in [4.78, 5) is 23.4. The Balaban J connectivity index is 2.02. The van der Waals surface area contributed by atoms with Gasteiger partial charge in [-0.25, -0.2) is 0 Å². The molecule has 1 saturated heterocycles. The Bertz CT molecular complexity index is 502. The molecule has 1 aromatic carbocycles. The van der Waals surface area contributed by atoms with Gasteiger partial charge in [-0.05, 0) is 37.1 Å². The van der Waals surface area contributed by atoms with E-state index in [1.807, 2.05) is 6.07 Å². The van der Waals surface area contributed by atoms with Gasteiger partial charge in [-0.1, -0.05) is 0 Å². The van der Waals surface area contributed by atoms with Gasteiger partial charge in [-0.2, -0.15) is 5.26 Å². The Hall–Kier alpha value is -2.35. The minimum absolute atomic E-state index is 0.136. The average Bonchev–Trinajstić information content (AvgIpc) is 2.41. The zero-order valence-corrected chi connectivity index (χ0v) is 9.77. The third kappa shape index (κ3) is 2.66. The lowest BCUT2D eigenvalue weighted by Crippen LogP contribution is -2.50. The van der Waals surface area contributed by atoms with Crippen LogP contribution in [0.25, 0.3) is 0 Å². The molecule has 2 amide bonds. The van der Waals surface area contributed by atoms with Crippen molar-refractivity contribution in [2.24, 2.45) is 0 Å². The Kier molecular flexibility index (Phi) is 3.58. The molecular weight excluding hydrogens is 230 g/mol. The second kappa shape index (κ2) is 5.32. The van der Waals surface area contributed by atoms with Gasteiger partial charge in [0.05, 0.1) is 11.6 Å². The second-order valence-corrected chi connectivity index (χ2v) is 4.15. The number of hydrogen-bond donors (Lipinski definition) is 2. The van der Waals surface area contributed by atoms with Crippen LogP contribution < -0.4 is 10.6 Å². The third-order valence-electron chi connectivity index (χ3n) is 2.87. The fraction of sp³-hybridized carbons (Fsp3) is 0.308. The first-order valence-electron chi connectivity index (χ1n) is 5.79. The molecule has 0 aliphatic carbocycles. The van der Waals surface area contributed by atoms with Crippen molar-refractivity contribution in [3.63, 3.8) is 0 Å². The summed E-state index contributed by atoms with van der Waals surface area (Å²) in [5.74, 6) is -0.426. The van der Waals surface area contributed by atoms with Crippen LogP contribution >= 0.6 is 0 Å². The molecule has 0 bridgehead atoms. The largest absolute Gasteiger partial charge is 0.354 e. The second-order valence-electron chi connectivity index (χ2n) is 4.15. The molecule has 18 heavy (non-hydrogen) atoms. The molecule has 5 nitrogen and oxygen atoms in total. The van der Waals surface area contributed by atoms with Crippen molar-refractivity contribution in [1.82, 2.24) is 10.6 Å². The van der Waals surface area contributed by atoms with E-state index in [9.17, 15) is 9.59 Å². The molecule has 0 saturated carbocycles. The number of amides is 2. The number of nitrogens with zero attached hydrogens (tertiary/aromatic N) is 1. The first-order chi connectivity index (χ1) is 8.70. The van der Waals surface area contributed by atoms with Crippen molar-refractivity contribution < 1.29 is 9.59 Å². The topological polar surface area (TPSA) is 82.0 Å². The smallest absolute Gasteiger partial charge is 0.251 e. The number of hydrogen-bond acceptors (Lipinski definition) is 3. The van der Waals surface area contributed by atoms with Crippen molar-refractivity contribution >= 4 is 11.8 Å². The Morgan fingerprint density at radius 3 is 2.72 bits per heavy atom. The maximum atomic E-state index is 11.9. The summed E-state index contributed by atoms with van der Waals surface area (Å²) in [7, 11) is 0. The van der Waals surface area contributed by atoms with Gasteiger partial charge in [-0.15, -0.1) is 0 Å². The molecule has 1 aliphatic rings. The summed E-state index contributed by atoms with van der Waals surface area (Å²) in [5, 5.41) is 14.1. The summed E-state index contributed by atoms with van der Waals surface area (Å²) >= 11 is 0. The molecule has 0 spiro atoms. The monoisotopic (exact) mass is 243 g/mol. The molecule has 1 aromatic rings. The van der Waals surface area contributed by atoms with E-state index in [0.717, 1.165) is 6.42 Å². The zero-order chi connectivity index (χ0) is 13.0. The molecule has 1 heterocycles. The fourth-order valence-electron chi connectivity index (χ4n) is 1.85. The van der Waals surface area contributed by atoms with Crippen LogP contribution in [0.1, 0.15) is 28.8 Å². The van der Waals surface area contributed by atoms with Crippen LogP contribution in [0.4, 0.5) is 0 Å². The molecule has 1 atom stereocenters. The predicted molar refractivity (Wildman–Crippen MR) is 64.7 cm³/mol. The van der Waals surface area contributed by atoms with Gasteiger partial charge in [0, 0.05) is 12.1 Å². The van der Waals surface area contributed by atoms with E-state index in [1.54, 1.807) is 24.3 Å². The SMILES string of the molecule is N#Cc1ccc(C(=O)NC2CCCNC2=O)cc1. The van der Waals surface area contributed by atoms with Crippen LogP contribution in [0.5, 0.6) is 0 Å². The molecule has 2 N–H and O–H groups in total. The summed E-state index contributed by atoms with van der Waals surface area (Å²) in [6.07, 6.45) is 1.53. The van der Waals surface area contributed by atoms with Crippen LogP contribution in [-0.4, -0.2) is 24.4 Å². The lowest BCUT2D eigenvalue weighted by Gasteiger charge is -2.22. The Labute approximate surface area is 105 Å². The van der Waals surface area contributed by atoms with Crippen LogP contribution in [-0.2, 0) is 4.79 Å². The molecule has 0 radical (unpaired) electrons. The highest BCUT2D eigenvalue weighted by Gasteiger charge is 2.23. The van der Waals surface area contributed by atoms with E-state index in [0.29, 0.717) is 24.1 Å². The summed E-state index contributed by atoms with van der Waals surface area (Å²) in [6, 6.07) is 7.84. The lowest BCUT2D eigenvalue weighted by molar-refractivity contribution is -0.124. The summed E-state index contributed by atoms with van der Waals surface area (Å²) in [5.41, 5.74) is 0.953. The van der Waals surface area contributed by atoms with E-state index in [1.165, 1.54) is 0 Å². The van der Waals surface area contributed by atoms with E-state index < -0.39 is 6.04 Å². The molecular formula is C13H13N3O2. The number of carbonyl (C=O) groups excluding carboxylic acids is 2. The first-order valence-corrected chi connectivity index (χ1v) is 5.79. The van der Waals surface area contributed by atoms with Gasteiger partial charge < -0.3 is 10.6 Å². The average molecular weight is 243 g/mol. The molecule has 5 heteroatoms. The van der Waals surface area contributed by atoms with Crippen molar-refractivity contribution in [2.45, 2.75) is 18.9 Å². The highest BCUT2D eigenvalue weighted by molar-refractivity contribution is 5.97. The van der Waals surface area contributed by atoms with Crippen LogP contribution in [0.2, 0.25) is 0 Å². The lowest BCUT2D eigenvalue weighted by atomic mass is 10.1. The number of benzene rings is 1. The number of nitrogens with one attached hydrogen (secondary N) is 2. The number of rotatable bonds is 2. The first kappa shape index (κ1) is 12.1. The quantitative estimate of drug-likeness (QED) is 0.796. The molecule has 1 aliphatic heterocycles. The van der Waals surface area contributed by atoms with Gasteiger partial charge >= 0.3 is 0 Å². The standard InChI is InChI=1S/C13H13N3O2/c14-8-9-3-5-10(6-4-9)12(17)16-11-2-1-7-15-13(11)18/h3-6,11H,1-2,7H2,(H,15,18)(H,16,17). The third-order valence-corrected chi connectivity index (χ3v) is 2.87. The van der Waals surface area contributed by atoms with Crippen molar-refractivity contribution in [2.75, 3.05) is 6.54 Å². The van der Waals surface area contributed by atoms with E-state index in [2.05, 4.69) is 10.6 Å². The predicted octanol–water partition coefficient (Wildman–Crippen LogP) is 0.567. The molecule has 1 unspecified atom stereocenters. The number of piperidine rings is 1. The molecule has 0 aromatic heterocycles. The van der Waals surface area contributed by atoms with Gasteiger partial charge in [0.2, 0.25) is 5.91 Å². The number of carbonyl (C=O) groups is 2. The van der Waals surface area contributed by atoms with Crippen LogP contribution in [0.15, 0.2) is 24.3 Å². The zero-order valence-electron chi connectivity index (χ0n) is 9.77. The normalized spacial score (nSPS) is 18.6. The van der Waals surface area contributed by atoms with Crippen molar-refractivity contribution in [3.8, 4) is 6.07 Å². The van der Waals surface area contributed by atoms with E-state index in [4.69, 9.17) is 5.26 Å². The maximum Gasteiger partial charge on any atom is 0.251 e. The van der Waals surface area contributed by atoms with Crippen LogP contribution in [0, 0.1) is 11.3 Å². The van der Waals surface area contributed by atoms with Gasteiger partial charge in [0.15, 0.2) is 0 Å². The maximum absolute atomic E-state index is 11.9. The molecule has 2 rings (SSSR count). The summed E-state index contributed by atoms with van der Waals surface area (Å²) in [6.45, 7) is 0.669. The van der Waals surface area contributed by atoms with Gasteiger partial charge in [0.1, 0.15) is 6.04 Å². The van der Waals surface area contributed by atoms with Crippen molar-refractivity contribution in [3.05, 3.63) is 35.4 Å². The number of nitriles is 1. The summed E-state index contributed by atoms with van der Waals surface area (Å²) < 4.78 is 0. The van der Waals surface area contributed by atoms with Crippen molar-refractivity contribution in [1.29, 1.82) is 5.26 Å². The highest BCUT2D eigenvalue weighted by Crippen LogP contribution is 2.07. The molecule has 92 valence electrons. The Morgan fingerprint density at radius 1 is 1.39 bits per heavy atom. The minimum atomic E-state index is -0.457. The fourth-order valence-corrected chi connectivity index (χ4v) is 1.85. The minimum Gasteiger partial charge on any atom is -0.354 e. The van der Waals surface area contributed by atoms with E-state index >= 15 is 0 Å². The molecule has 1 fully saturated rings. The Morgan fingerprint density at radius 2 is 2.11 bits per heavy atom.